The number of ketones is 1. The van der Waals surface area contributed by atoms with Gasteiger partial charge in [0.2, 0.25) is 0 Å². The maximum Gasteiger partial charge on any atom is 0.168 e. The summed E-state index contributed by atoms with van der Waals surface area (Å²) < 4.78 is 14.0. The van der Waals surface area contributed by atoms with Crippen LogP contribution in [0.1, 0.15) is 27.0 Å². The molecule has 0 spiro atoms. The topological polar surface area (TPSA) is 17.1 Å². The highest BCUT2D eigenvalue weighted by atomic mass is 79.9. The number of benzene rings is 2. The molecule has 3 heteroatoms. The molecule has 0 aliphatic carbocycles. The molecule has 0 atom stereocenters. The van der Waals surface area contributed by atoms with Crippen molar-refractivity contribution >= 4 is 21.7 Å². The highest BCUT2D eigenvalue weighted by molar-refractivity contribution is 9.10. The molecule has 2 aromatic rings. The molecule has 0 aromatic heterocycles. The van der Waals surface area contributed by atoms with Crippen molar-refractivity contribution in [1.82, 2.24) is 0 Å². The second kappa shape index (κ2) is 5.66. The van der Waals surface area contributed by atoms with Crippen LogP contribution in [0.25, 0.3) is 0 Å². The number of Topliss-reactive ketones (excluding diaryl/α,β-unsaturated/α-hetero) is 1. The van der Waals surface area contributed by atoms with Crippen LogP contribution in [-0.4, -0.2) is 5.78 Å². The van der Waals surface area contributed by atoms with Gasteiger partial charge >= 0.3 is 0 Å². The molecule has 0 aliphatic rings. The number of rotatable bonds is 3. The first-order chi connectivity index (χ1) is 8.97. The summed E-state index contributed by atoms with van der Waals surface area (Å²) in [6.45, 7) is 3.85. The number of halogens is 2. The molecule has 1 nitrogen and oxygen atoms in total. The van der Waals surface area contributed by atoms with Crippen molar-refractivity contribution in [3.63, 3.8) is 0 Å². The summed E-state index contributed by atoms with van der Waals surface area (Å²) in [4.78, 5) is 12.3. The van der Waals surface area contributed by atoms with Gasteiger partial charge in [-0.05, 0) is 54.8 Å². The molecule has 2 aromatic carbocycles. The van der Waals surface area contributed by atoms with Gasteiger partial charge in [0.05, 0.1) is 0 Å². The van der Waals surface area contributed by atoms with Crippen LogP contribution in [0, 0.1) is 19.7 Å². The lowest BCUT2D eigenvalue weighted by atomic mass is 9.99. The van der Waals surface area contributed by atoms with Crippen molar-refractivity contribution in [2.24, 2.45) is 0 Å². The monoisotopic (exact) mass is 320 g/mol. The fourth-order valence-electron chi connectivity index (χ4n) is 1.94. The predicted molar refractivity (Wildman–Crippen MR) is 78.1 cm³/mol. The predicted octanol–water partition coefficient (Wildman–Crippen LogP) is 4.63. The van der Waals surface area contributed by atoms with Gasteiger partial charge in [-0.15, -0.1) is 0 Å². The van der Waals surface area contributed by atoms with Crippen molar-refractivity contribution < 1.29 is 9.18 Å². The SMILES string of the molecule is Cc1ccc(C(=O)Cc2cc(F)ccc2C)c(Br)c1. The maximum absolute atomic E-state index is 13.2. The van der Waals surface area contributed by atoms with E-state index < -0.39 is 0 Å². The van der Waals surface area contributed by atoms with Crippen molar-refractivity contribution in [1.29, 1.82) is 0 Å². The zero-order valence-corrected chi connectivity index (χ0v) is 12.4. The van der Waals surface area contributed by atoms with Crippen molar-refractivity contribution in [3.8, 4) is 0 Å². The Bertz CT molecular complexity index is 635. The highest BCUT2D eigenvalue weighted by Crippen LogP contribution is 2.21. The van der Waals surface area contributed by atoms with Gasteiger partial charge in [0.25, 0.3) is 0 Å². The molecule has 0 N–H and O–H groups in total. The third-order valence-corrected chi connectivity index (χ3v) is 3.74. The Morgan fingerprint density at radius 2 is 1.89 bits per heavy atom. The number of carbonyl (C=O) groups excluding carboxylic acids is 1. The van der Waals surface area contributed by atoms with Gasteiger partial charge in [0.1, 0.15) is 5.82 Å². The third-order valence-electron chi connectivity index (χ3n) is 3.09. The zero-order chi connectivity index (χ0) is 14.0. The van der Waals surface area contributed by atoms with Crippen LogP contribution in [-0.2, 0) is 6.42 Å². The summed E-state index contributed by atoms with van der Waals surface area (Å²) in [7, 11) is 0. The van der Waals surface area contributed by atoms with E-state index in [0.717, 1.165) is 21.2 Å². The van der Waals surface area contributed by atoms with Crippen LogP contribution in [0.2, 0.25) is 0 Å². The minimum atomic E-state index is -0.309. The quantitative estimate of drug-likeness (QED) is 0.753. The molecule has 0 heterocycles. The first kappa shape index (κ1) is 13.9. The smallest absolute Gasteiger partial charge is 0.168 e. The molecule has 0 aliphatic heterocycles. The van der Waals surface area contributed by atoms with Crippen molar-refractivity contribution in [2.45, 2.75) is 20.3 Å². The lowest BCUT2D eigenvalue weighted by Gasteiger charge is -2.07. The van der Waals surface area contributed by atoms with Gasteiger partial charge < -0.3 is 0 Å². The summed E-state index contributed by atoms with van der Waals surface area (Å²) in [5, 5.41) is 0. The molecule has 2 rings (SSSR count). The van der Waals surface area contributed by atoms with E-state index in [9.17, 15) is 9.18 Å². The van der Waals surface area contributed by atoms with Crippen LogP contribution in [0.3, 0.4) is 0 Å². The lowest BCUT2D eigenvalue weighted by Crippen LogP contribution is -2.06. The normalized spacial score (nSPS) is 10.5. The van der Waals surface area contributed by atoms with Crippen LogP contribution in [0.4, 0.5) is 4.39 Å². The minimum absolute atomic E-state index is 0.0134. The van der Waals surface area contributed by atoms with Crippen LogP contribution in [0.5, 0.6) is 0 Å². The number of carbonyl (C=O) groups is 1. The highest BCUT2D eigenvalue weighted by Gasteiger charge is 2.12. The maximum atomic E-state index is 13.2. The molecule has 98 valence electrons. The molecule has 0 bridgehead atoms. The number of aryl methyl sites for hydroxylation is 2. The molecule has 0 saturated carbocycles. The molecule has 0 saturated heterocycles. The summed E-state index contributed by atoms with van der Waals surface area (Å²) in [6.07, 6.45) is 0.214. The van der Waals surface area contributed by atoms with Crippen LogP contribution < -0.4 is 0 Å². The Balaban J connectivity index is 2.28. The van der Waals surface area contributed by atoms with Gasteiger partial charge in [0, 0.05) is 16.5 Å². The van der Waals surface area contributed by atoms with Crippen LogP contribution >= 0.6 is 15.9 Å². The Morgan fingerprint density at radius 1 is 1.16 bits per heavy atom. The zero-order valence-electron chi connectivity index (χ0n) is 10.8. The fraction of sp³-hybridized carbons (Fsp3) is 0.188. The lowest BCUT2D eigenvalue weighted by molar-refractivity contribution is 0.0992. The van der Waals surface area contributed by atoms with E-state index in [-0.39, 0.29) is 18.0 Å². The van der Waals surface area contributed by atoms with E-state index >= 15 is 0 Å². The average Bonchev–Trinajstić information content (AvgIpc) is 2.33. The van der Waals surface area contributed by atoms with Gasteiger partial charge in [-0.25, -0.2) is 4.39 Å². The Kier molecular flexibility index (Phi) is 4.15. The number of hydrogen-bond acceptors (Lipinski definition) is 1. The minimum Gasteiger partial charge on any atom is -0.294 e. The molecule has 0 amide bonds. The molecule has 0 unspecified atom stereocenters. The summed E-state index contributed by atoms with van der Waals surface area (Å²) >= 11 is 3.40. The summed E-state index contributed by atoms with van der Waals surface area (Å²) in [5.74, 6) is -0.322. The third kappa shape index (κ3) is 3.29. The van der Waals surface area contributed by atoms with Gasteiger partial charge in [-0.3, -0.25) is 4.79 Å². The number of hydrogen-bond donors (Lipinski definition) is 0. The first-order valence-electron chi connectivity index (χ1n) is 6.02. The summed E-state index contributed by atoms with van der Waals surface area (Å²) in [5.41, 5.74) is 3.38. The van der Waals surface area contributed by atoms with Gasteiger partial charge in [-0.1, -0.05) is 28.1 Å². The van der Waals surface area contributed by atoms with E-state index in [2.05, 4.69) is 15.9 Å². The molecule has 19 heavy (non-hydrogen) atoms. The fourth-order valence-corrected chi connectivity index (χ4v) is 2.66. The van der Waals surface area contributed by atoms with E-state index in [0.29, 0.717) is 5.56 Å². The van der Waals surface area contributed by atoms with Gasteiger partial charge in [-0.2, -0.15) is 0 Å². The van der Waals surface area contributed by atoms with E-state index in [1.54, 1.807) is 12.1 Å². The largest absolute Gasteiger partial charge is 0.294 e. The molecule has 0 radical (unpaired) electrons. The van der Waals surface area contributed by atoms with E-state index in [1.165, 1.54) is 12.1 Å². The van der Waals surface area contributed by atoms with Crippen LogP contribution in [0.15, 0.2) is 40.9 Å². The Labute approximate surface area is 120 Å². The molecule has 0 fully saturated rings. The standard InChI is InChI=1S/C16H14BrFO/c1-10-3-6-14(15(17)7-10)16(19)9-12-8-13(18)5-4-11(12)2/h3-8H,9H2,1-2H3. The molecular weight excluding hydrogens is 307 g/mol. The van der Waals surface area contributed by atoms with E-state index in [1.807, 2.05) is 26.0 Å². The summed E-state index contributed by atoms with van der Waals surface area (Å²) in [6, 6.07) is 10.1. The molecular formula is C16H14BrFO. The second-order valence-corrected chi connectivity index (χ2v) is 5.51. The average molecular weight is 321 g/mol. The van der Waals surface area contributed by atoms with Crippen molar-refractivity contribution in [3.05, 3.63) is 68.9 Å². The second-order valence-electron chi connectivity index (χ2n) is 4.65. The Morgan fingerprint density at radius 3 is 2.58 bits per heavy atom. The van der Waals surface area contributed by atoms with Crippen molar-refractivity contribution in [2.75, 3.05) is 0 Å². The van der Waals surface area contributed by atoms with E-state index in [4.69, 9.17) is 0 Å². The first-order valence-corrected chi connectivity index (χ1v) is 6.81. The Hall–Kier alpha value is -1.48. The van der Waals surface area contributed by atoms with Gasteiger partial charge in [0.15, 0.2) is 5.78 Å².